The Hall–Kier alpha value is -2.82. The van der Waals surface area contributed by atoms with E-state index in [0.717, 1.165) is 16.9 Å². The number of nitrogen functional groups attached to an aromatic ring is 1. The number of ether oxygens (including phenoxy) is 1. The summed E-state index contributed by atoms with van der Waals surface area (Å²) in [6.45, 7) is 2.51. The van der Waals surface area contributed by atoms with Gasteiger partial charge in [0.1, 0.15) is 5.75 Å². The van der Waals surface area contributed by atoms with Crippen molar-refractivity contribution in [1.82, 2.24) is 10.1 Å². The van der Waals surface area contributed by atoms with Crippen LogP contribution in [0.4, 0.5) is 5.69 Å². The minimum absolute atomic E-state index is 0.398. The highest BCUT2D eigenvalue weighted by atomic mass is 16.5. The smallest absolute Gasteiger partial charge is 0.260 e. The summed E-state index contributed by atoms with van der Waals surface area (Å²) in [7, 11) is 0. The van der Waals surface area contributed by atoms with E-state index in [2.05, 4.69) is 10.1 Å². The Morgan fingerprint density at radius 1 is 1.05 bits per heavy atom. The normalized spacial score (nSPS) is 10.5. The monoisotopic (exact) mass is 281 g/mol. The molecule has 0 saturated carbocycles. The average Bonchev–Trinajstić information content (AvgIpc) is 2.98. The molecule has 0 aliphatic carbocycles. The standard InChI is InChI=1S/C16H15N3O2/c1-2-20-14-10-6-4-8-12(14)15-18-16(21-19-15)11-7-3-5-9-13(11)17/h3-10H,2,17H2,1H3. The highest BCUT2D eigenvalue weighted by molar-refractivity contribution is 5.72. The van der Waals surface area contributed by atoms with Crippen LogP contribution < -0.4 is 10.5 Å². The number of para-hydroxylation sites is 2. The molecule has 0 saturated heterocycles. The third kappa shape index (κ3) is 2.58. The summed E-state index contributed by atoms with van der Waals surface area (Å²) < 4.78 is 10.9. The topological polar surface area (TPSA) is 74.2 Å². The van der Waals surface area contributed by atoms with Crippen LogP contribution in [-0.2, 0) is 0 Å². The van der Waals surface area contributed by atoms with Crippen LogP contribution in [0.2, 0.25) is 0 Å². The Labute approximate surface area is 122 Å². The van der Waals surface area contributed by atoms with Gasteiger partial charge in [0.2, 0.25) is 5.82 Å². The zero-order valence-electron chi connectivity index (χ0n) is 11.6. The van der Waals surface area contributed by atoms with Gasteiger partial charge in [-0.05, 0) is 31.2 Å². The van der Waals surface area contributed by atoms with Crippen molar-refractivity contribution >= 4 is 5.69 Å². The molecule has 0 aliphatic rings. The zero-order chi connectivity index (χ0) is 14.7. The molecule has 0 amide bonds. The van der Waals surface area contributed by atoms with Crippen molar-refractivity contribution in [1.29, 1.82) is 0 Å². The molecule has 2 N–H and O–H groups in total. The molecule has 0 unspecified atom stereocenters. The third-order valence-corrected chi connectivity index (χ3v) is 3.05. The van der Waals surface area contributed by atoms with Gasteiger partial charge in [0.25, 0.3) is 5.89 Å². The predicted octanol–water partition coefficient (Wildman–Crippen LogP) is 3.38. The van der Waals surface area contributed by atoms with E-state index in [-0.39, 0.29) is 0 Å². The lowest BCUT2D eigenvalue weighted by Crippen LogP contribution is -1.94. The molecule has 5 nitrogen and oxygen atoms in total. The molecule has 2 aromatic carbocycles. The van der Waals surface area contributed by atoms with E-state index >= 15 is 0 Å². The van der Waals surface area contributed by atoms with E-state index in [4.69, 9.17) is 15.0 Å². The first-order valence-corrected chi connectivity index (χ1v) is 6.70. The van der Waals surface area contributed by atoms with E-state index in [1.165, 1.54) is 0 Å². The molecule has 1 aromatic heterocycles. The number of rotatable bonds is 4. The lowest BCUT2D eigenvalue weighted by Gasteiger charge is -2.06. The van der Waals surface area contributed by atoms with E-state index in [9.17, 15) is 0 Å². The van der Waals surface area contributed by atoms with Crippen LogP contribution in [0.5, 0.6) is 5.75 Å². The van der Waals surface area contributed by atoms with Crippen LogP contribution in [0.1, 0.15) is 6.92 Å². The maximum atomic E-state index is 5.93. The predicted molar refractivity (Wildman–Crippen MR) is 80.8 cm³/mol. The van der Waals surface area contributed by atoms with Gasteiger partial charge in [0.15, 0.2) is 0 Å². The molecular weight excluding hydrogens is 266 g/mol. The largest absolute Gasteiger partial charge is 0.493 e. The second-order valence-electron chi connectivity index (χ2n) is 4.44. The fraction of sp³-hybridized carbons (Fsp3) is 0.125. The van der Waals surface area contributed by atoms with Crippen LogP contribution in [0, 0.1) is 0 Å². The SMILES string of the molecule is CCOc1ccccc1-c1noc(-c2ccccc2N)n1. The van der Waals surface area contributed by atoms with Crippen molar-refractivity contribution in [3.63, 3.8) is 0 Å². The third-order valence-electron chi connectivity index (χ3n) is 3.05. The minimum Gasteiger partial charge on any atom is -0.493 e. The van der Waals surface area contributed by atoms with Gasteiger partial charge in [0, 0.05) is 5.69 Å². The van der Waals surface area contributed by atoms with Gasteiger partial charge < -0.3 is 15.0 Å². The molecule has 106 valence electrons. The lowest BCUT2D eigenvalue weighted by molar-refractivity contribution is 0.341. The van der Waals surface area contributed by atoms with Crippen LogP contribution in [0.3, 0.4) is 0 Å². The lowest BCUT2D eigenvalue weighted by atomic mass is 10.1. The summed E-state index contributed by atoms with van der Waals surface area (Å²) in [6, 6.07) is 15.0. The van der Waals surface area contributed by atoms with Crippen molar-refractivity contribution in [3.05, 3.63) is 48.5 Å². The summed E-state index contributed by atoms with van der Waals surface area (Å²) in [6.07, 6.45) is 0. The maximum absolute atomic E-state index is 5.93. The molecule has 0 radical (unpaired) electrons. The van der Waals surface area contributed by atoms with Gasteiger partial charge in [-0.25, -0.2) is 0 Å². The summed E-state index contributed by atoms with van der Waals surface area (Å²) in [5.41, 5.74) is 8.05. The van der Waals surface area contributed by atoms with E-state index in [1.807, 2.05) is 49.4 Å². The fourth-order valence-corrected chi connectivity index (χ4v) is 2.07. The van der Waals surface area contributed by atoms with Crippen molar-refractivity contribution in [2.75, 3.05) is 12.3 Å². The summed E-state index contributed by atoms with van der Waals surface area (Å²) >= 11 is 0. The molecule has 3 rings (SSSR count). The van der Waals surface area contributed by atoms with Gasteiger partial charge in [-0.1, -0.05) is 29.4 Å². The number of benzene rings is 2. The number of nitrogens with two attached hydrogens (primary N) is 1. The first-order chi connectivity index (χ1) is 10.3. The Balaban J connectivity index is 2.01. The second-order valence-corrected chi connectivity index (χ2v) is 4.44. The summed E-state index contributed by atoms with van der Waals surface area (Å²) in [4.78, 5) is 4.42. The summed E-state index contributed by atoms with van der Waals surface area (Å²) in [5.74, 6) is 1.61. The van der Waals surface area contributed by atoms with Crippen LogP contribution >= 0.6 is 0 Å². The molecule has 21 heavy (non-hydrogen) atoms. The maximum Gasteiger partial charge on any atom is 0.260 e. The van der Waals surface area contributed by atoms with E-state index in [1.54, 1.807) is 6.07 Å². The fourth-order valence-electron chi connectivity index (χ4n) is 2.07. The van der Waals surface area contributed by atoms with Gasteiger partial charge in [-0.3, -0.25) is 0 Å². The number of hydrogen-bond acceptors (Lipinski definition) is 5. The van der Waals surface area contributed by atoms with Crippen molar-refractivity contribution < 1.29 is 9.26 Å². The van der Waals surface area contributed by atoms with Gasteiger partial charge >= 0.3 is 0 Å². The van der Waals surface area contributed by atoms with Gasteiger partial charge in [-0.2, -0.15) is 4.98 Å². The quantitative estimate of drug-likeness (QED) is 0.742. The number of nitrogens with zero attached hydrogens (tertiary/aromatic N) is 2. The number of hydrogen-bond donors (Lipinski definition) is 1. The molecule has 0 aliphatic heterocycles. The van der Waals surface area contributed by atoms with E-state index < -0.39 is 0 Å². The van der Waals surface area contributed by atoms with Crippen LogP contribution in [0.25, 0.3) is 22.8 Å². The van der Waals surface area contributed by atoms with Crippen molar-refractivity contribution in [2.45, 2.75) is 6.92 Å². The Bertz CT molecular complexity index is 753. The number of aromatic nitrogens is 2. The first kappa shape index (κ1) is 13.2. The minimum atomic E-state index is 0.398. The Morgan fingerprint density at radius 3 is 2.52 bits per heavy atom. The zero-order valence-corrected chi connectivity index (χ0v) is 11.6. The highest BCUT2D eigenvalue weighted by Crippen LogP contribution is 2.30. The van der Waals surface area contributed by atoms with E-state index in [0.29, 0.717) is 24.0 Å². The molecule has 0 spiro atoms. The molecule has 3 aromatic rings. The average molecular weight is 281 g/mol. The van der Waals surface area contributed by atoms with Gasteiger partial charge in [0.05, 0.1) is 17.7 Å². The molecule has 0 bridgehead atoms. The van der Waals surface area contributed by atoms with Crippen LogP contribution in [0.15, 0.2) is 53.1 Å². The van der Waals surface area contributed by atoms with Crippen molar-refractivity contribution in [3.8, 4) is 28.6 Å². The van der Waals surface area contributed by atoms with Crippen LogP contribution in [-0.4, -0.2) is 16.7 Å². The summed E-state index contributed by atoms with van der Waals surface area (Å²) in [5, 5.41) is 4.03. The Morgan fingerprint density at radius 2 is 1.76 bits per heavy atom. The number of anilines is 1. The van der Waals surface area contributed by atoms with Gasteiger partial charge in [-0.15, -0.1) is 0 Å². The first-order valence-electron chi connectivity index (χ1n) is 6.70. The molecule has 0 fully saturated rings. The molecular formula is C16H15N3O2. The highest BCUT2D eigenvalue weighted by Gasteiger charge is 2.15. The molecule has 1 heterocycles. The second kappa shape index (κ2) is 5.66. The molecule has 0 atom stereocenters. The van der Waals surface area contributed by atoms with Crippen molar-refractivity contribution in [2.24, 2.45) is 0 Å². The molecule has 5 heteroatoms. The Kier molecular flexibility index (Phi) is 3.55.